The molecule has 0 aliphatic carbocycles. The van der Waals surface area contributed by atoms with E-state index in [9.17, 15) is 9.59 Å². The molecule has 0 fully saturated rings. The number of hydrogen-bond donors (Lipinski definition) is 1. The lowest BCUT2D eigenvalue weighted by Gasteiger charge is -2.10. The van der Waals surface area contributed by atoms with E-state index in [0.717, 1.165) is 11.1 Å². The number of esters is 1. The largest absolute Gasteiger partial charge is 0.490 e. The Morgan fingerprint density at radius 2 is 1.64 bits per heavy atom. The normalized spacial score (nSPS) is 10.8. The highest BCUT2D eigenvalue weighted by Gasteiger charge is 2.09. The Bertz CT molecular complexity index is 1110. The number of rotatable bonds is 9. The Kier molecular flexibility index (Phi) is 8.79. The van der Waals surface area contributed by atoms with Crippen molar-refractivity contribution in [1.29, 1.82) is 0 Å². The van der Waals surface area contributed by atoms with Gasteiger partial charge in [-0.15, -0.1) is 0 Å². The van der Waals surface area contributed by atoms with Crippen molar-refractivity contribution >= 4 is 24.4 Å². The van der Waals surface area contributed by atoms with E-state index >= 15 is 0 Å². The molecule has 168 valence electrons. The Hall–Kier alpha value is -4.39. The van der Waals surface area contributed by atoms with Crippen LogP contribution in [-0.4, -0.2) is 24.9 Å². The molecular formula is C26H24N2O5. The molecule has 0 atom stereocenters. The van der Waals surface area contributed by atoms with Gasteiger partial charge >= 0.3 is 12.1 Å². The average molecular weight is 444 g/mol. The number of amides is 1. The maximum Gasteiger partial charge on any atom is 0.428 e. The highest BCUT2D eigenvalue weighted by Crippen LogP contribution is 2.28. The summed E-state index contributed by atoms with van der Waals surface area (Å²) < 4.78 is 16.1. The van der Waals surface area contributed by atoms with Crippen LogP contribution in [0.4, 0.5) is 4.79 Å². The summed E-state index contributed by atoms with van der Waals surface area (Å²) in [5, 5.41) is 3.88. The minimum Gasteiger partial charge on any atom is -0.490 e. The van der Waals surface area contributed by atoms with E-state index in [2.05, 4.69) is 10.5 Å². The third-order valence-corrected chi connectivity index (χ3v) is 4.27. The van der Waals surface area contributed by atoms with Gasteiger partial charge in [-0.05, 0) is 47.9 Å². The molecule has 1 N–H and O–H groups in total. The molecule has 0 aliphatic rings. The van der Waals surface area contributed by atoms with Crippen LogP contribution in [0.1, 0.15) is 23.6 Å². The van der Waals surface area contributed by atoms with Gasteiger partial charge in [-0.25, -0.2) is 15.0 Å². The van der Waals surface area contributed by atoms with Crippen LogP contribution in [0.25, 0.3) is 6.08 Å². The second kappa shape index (κ2) is 12.5. The van der Waals surface area contributed by atoms with Crippen LogP contribution in [0.15, 0.2) is 90.0 Å². The van der Waals surface area contributed by atoms with Gasteiger partial charge in [-0.1, -0.05) is 60.7 Å². The van der Waals surface area contributed by atoms with Gasteiger partial charge in [0.1, 0.15) is 6.61 Å². The quantitative estimate of drug-likeness (QED) is 0.166. The fraction of sp³-hybridized carbons (Fsp3) is 0.115. The zero-order valence-electron chi connectivity index (χ0n) is 18.1. The van der Waals surface area contributed by atoms with Gasteiger partial charge in [0.2, 0.25) is 0 Å². The fourth-order valence-electron chi connectivity index (χ4n) is 2.74. The standard InChI is InChI=1S/C26H24N2O5/c1-2-31-24-17-22(18-27-28-26(30)32-19-21-11-7-4-8-12-21)13-15-23(24)33-25(29)16-14-20-9-5-3-6-10-20/h3-18H,2,19H2,1H3,(H,28,30)/b16-14+,27-18+. The minimum absolute atomic E-state index is 0.148. The number of carbonyl (C=O) groups excluding carboxylic acids is 2. The van der Waals surface area contributed by atoms with Crippen molar-refractivity contribution in [2.45, 2.75) is 13.5 Å². The first-order valence-corrected chi connectivity index (χ1v) is 10.4. The van der Waals surface area contributed by atoms with E-state index in [1.54, 1.807) is 24.3 Å². The number of hydrogen-bond acceptors (Lipinski definition) is 6. The molecule has 0 heterocycles. The monoisotopic (exact) mass is 444 g/mol. The summed E-state index contributed by atoms with van der Waals surface area (Å²) in [4.78, 5) is 24.0. The van der Waals surface area contributed by atoms with E-state index in [4.69, 9.17) is 14.2 Å². The maximum atomic E-state index is 12.2. The predicted octanol–water partition coefficient (Wildman–Crippen LogP) is 4.96. The minimum atomic E-state index is -0.670. The van der Waals surface area contributed by atoms with Crippen molar-refractivity contribution in [1.82, 2.24) is 5.43 Å². The fourth-order valence-corrected chi connectivity index (χ4v) is 2.74. The van der Waals surface area contributed by atoms with Crippen LogP contribution in [0.2, 0.25) is 0 Å². The summed E-state index contributed by atoms with van der Waals surface area (Å²) in [6, 6.07) is 23.7. The summed E-state index contributed by atoms with van der Waals surface area (Å²) in [7, 11) is 0. The van der Waals surface area contributed by atoms with E-state index in [-0.39, 0.29) is 12.4 Å². The van der Waals surface area contributed by atoms with Gasteiger partial charge in [-0.3, -0.25) is 0 Å². The lowest BCUT2D eigenvalue weighted by atomic mass is 10.2. The molecule has 1 amide bonds. The number of nitrogens with one attached hydrogen (secondary N) is 1. The number of carbonyl (C=O) groups is 2. The van der Waals surface area contributed by atoms with E-state index < -0.39 is 12.1 Å². The van der Waals surface area contributed by atoms with Crippen molar-refractivity contribution in [2.24, 2.45) is 5.10 Å². The Balaban J connectivity index is 1.56. The highest BCUT2D eigenvalue weighted by atomic mass is 16.6. The van der Waals surface area contributed by atoms with Gasteiger partial charge in [-0.2, -0.15) is 5.10 Å². The van der Waals surface area contributed by atoms with Crippen molar-refractivity contribution in [3.8, 4) is 11.5 Å². The van der Waals surface area contributed by atoms with Gasteiger partial charge in [0.25, 0.3) is 0 Å². The molecule has 0 spiro atoms. The third kappa shape index (κ3) is 7.99. The molecular weight excluding hydrogens is 420 g/mol. The number of ether oxygens (including phenoxy) is 3. The first-order chi connectivity index (χ1) is 16.1. The van der Waals surface area contributed by atoms with E-state index in [1.165, 1.54) is 12.3 Å². The van der Waals surface area contributed by atoms with Crippen LogP contribution in [-0.2, 0) is 16.1 Å². The smallest absolute Gasteiger partial charge is 0.428 e. The number of benzene rings is 3. The maximum absolute atomic E-state index is 12.2. The van der Waals surface area contributed by atoms with Crippen LogP contribution in [0.5, 0.6) is 11.5 Å². The van der Waals surface area contributed by atoms with Crippen LogP contribution in [0.3, 0.4) is 0 Å². The van der Waals surface area contributed by atoms with Gasteiger partial charge in [0, 0.05) is 6.08 Å². The van der Waals surface area contributed by atoms with Crippen molar-refractivity contribution in [3.63, 3.8) is 0 Å². The zero-order valence-corrected chi connectivity index (χ0v) is 18.1. The summed E-state index contributed by atoms with van der Waals surface area (Å²) in [6.45, 7) is 2.36. The van der Waals surface area contributed by atoms with Gasteiger partial charge < -0.3 is 14.2 Å². The SMILES string of the molecule is CCOc1cc(/C=N/NC(=O)OCc2ccccc2)ccc1OC(=O)/C=C/c1ccccc1. The van der Waals surface area contributed by atoms with Crippen molar-refractivity contribution in [2.75, 3.05) is 6.61 Å². The molecule has 3 aromatic rings. The van der Waals surface area contributed by atoms with Gasteiger partial charge in [0.15, 0.2) is 11.5 Å². The lowest BCUT2D eigenvalue weighted by Crippen LogP contribution is -2.18. The summed E-state index contributed by atoms with van der Waals surface area (Å²) >= 11 is 0. The van der Waals surface area contributed by atoms with Crippen LogP contribution in [0, 0.1) is 0 Å². The average Bonchev–Trinajstić information content (AvgIpc) is 2.84. The summed E-state index contributed by atoms with van der Waals surface area (Å²) in [5.41, 5.74) is 4.71. The predicted molar refractivity (Wildman–Crippen MR) is 126 cm³/mol. The highest BCUT2D eigenvalue weighted by molar-refractivity contribution is 5.89. The lowest BCUT2D eigenvalue weighted by molar-refractivity contribution is -0.129. The first kappa shape index (κ1) is 23.3. The van der Waals surface area contributed by atoms with Crippen molar-refractivity contribution < 1.29 is 23.8 Å². The molecule has 0 radical (unpaired) electrons. The van der Waals surface area contributed by atoms with E-state index in [1.807, 2.05) is 67.6 Å². The Morgan fingerprint density at radius 1 is 0.909 bits per heavy atom. The van der Waals surface area contributed by atoms with Crippen LogP contribution >= 0.6 is 0 Å². The molecule has 0 saturated carbocycles. The Labute approximate surface area is 192 Å². The van der Waals surface area contributed by atoms with Crippen LogP contribution < -0.4 is 14.9 Å². The molecule has 0 aromatic heterocycles. The molecule has 7 nitrogen and oxygen atoms in total. The van der Waals surface area contributed by atoms with E-state index in [0.29, 0.717) is 17.9 Å². The summed E-state index contributed by atoms with van der Waals surface area (Å²) in [5.74, 6) is 0.144. The molecule has 0 unspecified atom stereocenters. The molecule has 33 heavy (non-hydrogen) atoms. The number of hydrazone groups is 1. The molecule has 0 aliphatic heterocycles. The number of nitrogens with zero attached hydrogens (tertiary/aromatic N) is 1. The summed E-state index contributed by atoms with van der Waals surface area (Å²) in [6.07, 6.45) is 3.79. The molecule has 3 rings (SSSR count). The molecule has 0 bridgehead atoms. The first-order valence-electron chi connectivity index (χ1n) is 10.4. The van der Waals surface area contributed by atoms with Gasteiger partial charge in [0.05, 0.1) is 12.8 Å². The Morgan fingerprint density at radius 3 is 2.36 bits per heavy atom. The molecule has 0 saturated heterocycles. The topological polar surface area (TPSA) is 86.2 Å². The zero-order chi connectivity index (χ0) is 23.3. The van der Waals surface area contributed by atoms with Crippen molar-refractivity contribution in [3.05, 3.63) is 102 Å². The second-order valence-corrected chi connectivity index (χ2v) is 6.74. The molecule has 3 aromatic carbocycles. The second-order valence-electron chi connectivity index (χ2n) is 6.74. The molecule has 7 heteroatoms. The third-order valence-electron chi connectivity index (χ3n) is 4.27.